The van der Waals surface area contributed by atoms with Crippen molar-refractivity contribution in [3.63, 3.8) is 0 Å². The number of hydrogen-bond donors (Lipinski definition) is 1. The van der Waals surface area contributed by atoms with Gasteiger partial charge in [0.2, 0.25) is 0 Å². The van der Waals surface area contributed by atoms with Crippen molar-refractivity contribution in [1.82, 2.24) is 0 Å². The van der Waals surface area contributed by atoms with E-state index in [1.807, 2.05) is 26.0 Å². The van der Waals surface area contributed by atoms with E-state index in [2.05, 4.69) is 0 Å². The zero-order valence-electron chi connectivity index (χ0n) is 11.9. The highest BCUT2D eigenvalue weighted by Gasteiger charge is 2.21. The van der Waals surface area contributed by atoms with E-state index in [1.165, 1.54) is 0 Å². The number of benzene rings is 1. The van der Waals surface area contributed by atoms with E-state index in [9.17, 15) is 0 Å². The average Bonchev–Trinajstić information content (AvgIpc) is 2.29. The van der Waals surface area contributed by atoms with Gasteiger partial charge in [-0.1, -0.05) is 6.07 Å². The summed E-state index contributed by atoms with van der Waals surface area (Å²) < 4.78 is 16.0. The molecule has 0 heterocycles. The van der Waals surface area contributed by atoms with Gasteiger partial charge >= 0.3 is 0 Å². The Hall–Kier alpha value is -1.26. The zero-order chi connectivity index (χ0) is 13.8. The summed E-state index contributed by atoms with van der Waals surface area (Å²) in [6.07, 6.45) is 0.700. The van der Waals surface area contributed by atoms with Gasteiger partial charge in [-0.25, -0.2) is 0 Å². The fraction of sp³-hybridized carbons (Fsp3) is 0.571. The van der Waals surface area contributed by atoms with Crippen molar-refractivity contribution in [2.45, 2.75) is 32.4 Å². The van der Waals surface area contributed by atoms with Gasteiger partial charge in [0.25, 0.3) is 0 Å². The number of rotatable bonds is 6. The Labute approximate surface area is 109 Å². The third-order valence-electron chi connectivity index (χ3n) is 2.68. The average molecular weight is 253 g/mol. The molecule has 4 heteroatoms. The summed E-state index contributed by atoms with van der Waals surface area (Å²) in [5.41, 5.74) is 7.92. The fourth-order valence-corrected chi connectivity index (χ4v) is 1.97. The van der Waals surface area contributed by atoms with Crippen molar-refractivity contribution in [3.05, 3.63) is 23.3 Å². The molecule has 0 fully saturated rings. The number of ether oxygens (including phenoxy) is 3. The van der Waals surface area contributed by atoms with Crippen LogP contribution in [0.2, 0.25) is 0 Å². The molecule has 0 radical (unpaired) electrons. The van der Waals surface area contributed by atoms with E-state index in [4.69, 9.17) is 19.9 Å². The summed E-state index contributed by atoms with van der Waals surface area (Å²) in [7, 11) is 4.95. The predicted molar refractivity (Wildman–Crippen MR) is 72.2 cm³/mol. The number of methoxy groups -OCH3 is 3. The molecule has 0 atom stereocenters. The fourth-order valence-electron chi connectivity index (χ4n) is 1.97. The normalized spacial score (nSPS) is 11.4. The standard InChI is InChI=1S/C14H23NO3/c1-14(2,15)8-11-10(9-16-3)6-7-12(17-4)13(11)18-5/h6-7H,8-9,15H2,1-5H3. The minimum Gasteiger partial charge on any atom is -0.493 e. The Morgan fingerprint density at radius 3 is 2.22 bits per heavy atom. The summed E-state index contributed by atoms with van der Waals surface area (Å²) in [4.78, 5) is 0. The molecule has 1 rings (SSSR count). The van der Waals surface area contributed by atoms with E-state index >= 15 is 0 Å². The van der Waals surface area contributed by atoms with Crippen molar-refractivity contribution in [3.8, 4) is 11.5 Å². The topological polar surface area (TPSA) is 53.7 Å². The van der Waals surface area contributed by atoms with Crippen LogP contribution in [0.1, 0.15) is 25.0 Å². The van der Waals surface area contributed by atoms with Gasteiger partial charge in [-0.05, 0) is 31.9 Å². The summed E-state index contributed by atoms with van der Waals surface area (Å²) >= 11 is 0. The second kappa shape index (κ2) is 6.07. The molecule has 1 aromatic rings. The van der Waals surface area contributed by atoms with Crippen LogP contribution >= 0.6 is 0 Å². The van der Waals surface area contributed by atoms with E-state index in [1.54, 1.807) is 21.3 Å². The minimum absolute atomic E-state index is 0.317. The maximum atomic E-state index is 6.11. The van der Waals surface area contributed by atoms with Gasteiger partial charge in [-0.3, -0.25) is 0 Å². The van der Waals surface area contributed by atoms with Crippen molar-refractivity contribution in [2.24, 2.45) is 5.73 Å². The largest absolute Gasteiger partial charge is 0.493 e. The SMILES string of the molecule is COCc1ccc(OC)c(OC)c1CC(C)(C)N. The molecular formula is C14H23NO3. The lowest BCUT2D eigenvalue weighted by Gasteiger charge is -2.23. The minimum atomic E-state index is -0.317. The van der Waals surface area contributed by atoms with Crippen LogP contribution in [0.15, 0.2) is 12.1 Å². The Balaban J connectivity index is 3.28. The van der Waals surface area contributed by atoms with Crippen molar-refractivity contribution >= 4 is 0 Å². The van der Waals surface area contributed by atoms with Crippen molar-refractivity contribution in [1.29, 1.82) is 0 Å². The molecule has 4 nitrogen and oxygen atoms in total. The molecule has 102 valence electrons. The number of hydrogen-bond acceptors (Lipinski definition) is 4. The van der Waals surface area contributed by atoms with Crippen LogP contribution in [0.5, 0.6) is 11.5 Å². The van der Waals surface area contributed by atoms with Gasteiger partial charge in [-0.2, -0.15) is 0 Å². The molecule has 0 amide bonds. The lowest BCUT2D eigenvalue weighted by Crippen LogP contribution is -2.35. The van der Waals surface area contributed by atoms with Gasteiger partial charge in [0, 0.05) is 18.2 Å². The molecule has 0 bridgehead atoms. The molecule has 18 heavy (non-hydrogen) atoms. The highest BCUT2D eigenvalue weighted by molar-refractivity contribution is 5.51. The maximum absolute atomic E-state index is 6.11. The van der Waals surface area contributed by atoms with Crippen molar-refractivity contribution < 1.29 is 14.2 Å². The molecule has 0 saturated heterocycles. The second-order valence-corrected chi connectivity index (χ2v) is 5.04. The zero-order valence-corrected chi connectivity index (χ0v) is 11.9. The first kappa shape index (κ1) is 14.8. The maximum Gasteiger partial charge on any atom is 0.164 e. The Morgan fingerprint density at radius 1 is 1.11 bits per heavy atom. The summed E-state index contributed by atoms with van der Waals surface area (Å²) in [6, 6.07) is 3.88. The molecule has 0 spiro atoms. The molecule has 2 N–H and O–H groups in total. The van der Waals surface area contributed by atoms with Crippen LogP contribution in [-0.4, -0.2) is 26.9 Å². The van der Waals surface area contributed by atoms with Gasteiger partial charge in [0.1, 0.15) is 0 Å². The van der Waals surface area contributed by atoms with Gasteiger partial charge in [0.15, 0.2) is 11.5 Å². The van der Waals surface area contributed by atoms with Crippen LogP contribution in [0.3, 0.4) is 0 Å². The van der Waals surface area contributed by atoms with E-state index in [0.29, 0.717) is 13.0 Å². The Morgan fingerprint density at radius 2 is 1.78 bits per heavy atom. The smallest absolute Gasteiger partial charge is 0.164 e. The first-order chi connectivity index (χ1) is 8.42. The van der Waals surface area contributed by atoms with Crippen LogP contribution in [0, 0.1) is 0 Å². The van der Waals surface area contributed by atoms with E-state index < -0.39 is 0 Å². The molecule has 0 aliphatic rings. The van der Waals surface area contributed by atoms with Crippen LogP contribution in [-0.2, 0) is 17.8 Å². The lowest BCUT2D eigenvalue weighted by atomic mass is 9.92. The van der Waals surface area contributed by atoms with Crippen LogP contribution < -0.4 is 15.2 Å². The second-order valence-electron chi connectivity index (χ2n) is 5.04. The Bertz CT molecular complexity index is 397. The first-order valence-corrected chi connectivity index (χ1v) is 5.93. The van der Waals surface area contributed by atoms with Crippen LogP contribution in [0.25, 0.3) is 0 Å². The highest BCUT2D eigenvalue weighted by atomic mass is 16.5. The highest BCUT2D eigenvalue weighted by Crippen LogP contribution is 2.35. The molecular weight excluding hydrogens is 230 g/mol. The first-order valence-electron chi connectivity index (χ1n) is 5.93. The summed E-state index contributed by atoms with van der Waals surface area (Å²) in [5.74, 6) is 1.46. The quantitative estimate of drug-likeness (QED) is 0.844. The van der Waals surface area contributed by atoms with Gasteiger partial charge < -0.3 is 19.9 Å². The van der Waals surface area contributed by atoms with Crippen LogP contribution in [0.4, 0.5) is 0 Å². The third kappa shape index (κ3) is 3.62. The molecule has 1 aromatic carbocycles. The predicted octanol–water partition coefficient (Wildman–Crippen LogP) is 2.13. The molecule has 0 unspecified atom stereocenters. The molecule has 0 saturated carbocycles. The van der Waals surface area contributed by atoms with Crippen molar-refractivity contribution in [2.75, 3.05) is 21.3 Å². The van der Waals surface area contributed by atoms with Gasteiger partial charge in [0.05, 0.1) is 20.8 Å². The third-order valence-corrected chi connectivity index (χ3v) is 2.68. The lowest BCUT2D eigenvalue weighted by molar-refractivity contribution is 0.183. The molecule has 0 aromatic heterocycles. The summed E-state index contributed by atoms with van der Waals surface area (Å²) in [5, 5.41) is 0. The summed E-state index contributed by atoms with van der Waals surface area (Å²) in [6.45, 7) is 4.51. The van der Waals surface area contributed by atoms with E-state index in [-0.39, 0.29) is 5.54 Å². The Kier molecular flexibility index (Phi) is 4.99. The monoisotopic (exact) mass is 253 g/mol. The van der Waals surface area contributed by atoms with Gasteiger partial charge in [-0.15, -0.1) is 0 Å². The molecule has 0 aliphatic carbocycles. The van der Waals surface area contributed by atoms with E-state index in [0.717, 1.165) is 22.6 Å². The number of nitrogens with two attached hydrogens (primary N) is 1. The molecule has 0 aliphatic heterocycles.